The first-order chi connectivity index (χ1) is 8.70. The van der Waals surface area contributed by atoms with Crippen LogP contribution in [0.1, 0.15) is 34.0 Å². The van der Waals surface area contributed by atoms with E-state index in [1.54, 1.807) is 11.3 Å². The zero-order valence-corrected chi connectivity index (χ0v) is 11.8. The van der Waals surface area contributed by atoms with Crippen LogP contribution in [-0.4, -0.2) is 0 Å². The predicted octanol–water partition coefficient (Wildman–Crippen LogP) is 3.50. The van der Waals surface area contributed by atoms with Gasteiger partial charge in [-0.15, -0.1) is 11.3 Å². The molecule has 0 aliphatic heterocycles. The van der Waals surface area contributed by atoms with Crippen LogP contribution >= 0.6 is 11.3 Å². The Balaban J connectivity index is 2.00. The van der Waals surface area contributed by atoms with E-state index in [1.165, 1.54) is 21.6 Å². The van der Waals surface area contributed by atoms with Gasteiger partial charge in [0.2, 0.25) is 0 Å². The van der Waals surface area contributed by atoms with Gasteiger partial charge in [0.1, 0.15) is 0 Å². The minimum atomic E-state index is 0.256. The van der Waals surface area contributed by atoms with Crippen molar-refractivity contribution in [3.05, 3.63) is 57.3 Å². The molecular weight excluding hydrogens is 240 g/mol. The molecule has 2 nitrogen and oxygen atoms in total. The van der Waals surface area contributed by atoms with Crippen molar-refractivity contribution in [2.24, 2.45) is 5.84 Å². The van der Waals surface area contributed by atoms with Crippen LogP contribution in [0.15, 0.2) is 35.7 Å². The van der Waals surface area contributed by atoms with Crippen molar-refractivity contribution < 1.29 is 0 Å². The van der Waals surface area contributed by atoms with Crippen molar-refractivity contribution in [3.63, 3.8) is 0 Å². The number of hydrazine groups is 1. The molecule has 1 aromatic heterocycles. The Morgan fingerprint density at radius 1 is 1.17 bits per heavy atom. The Hall–Kier alpha value is -1.16. The van der Waals surface area contributed by atoms with Crippen LogP contribution < -0.4 is 11.3 Å². The van der Waals surface area contributed by atoms with E-state index in [0.717, 1.165) is 12.8 Å². The lowest BCUT2D eigenvalue weighted by atomic mass is 10.0. The Bertz CT molecular complexity index is 487. The van der Waals surface area contributed by atoms with Gasteiger partial charge < -0.3 is 0 Å². The van der Waals surface area contributed by atoms with E-state index in [2.05, 4.69) is 55.0 Å². The van der Waals surface area contributed by atoms with E-state index in [-0.39, 0.29) is 6.04 Å². The number of aryl methyl sites for hydroxylation is 3. The van der Waals surface area contributed by atoms with Gasteiger partial charge in [-0.2, -0.15) is 0 Å². The second-order valence-electron chi connectivity index (χ2n) is 4.71. The summed E-state index contributed by atoms with van der Waals surface area (Å²) in [5.41, 5.74) is 6.94. The highest BCUT2D eigenvalue weighted by Gasteiger charge is 2.13. The molecule has 0 saturated heterocycles. The number of nitrogens with two attached hydrogens (primary N) is 1. The third-order valence-corrected chi connectivity index (χ3v) is 4.39. The third kappa shape index (κ3) is 3.19. The molecule has 96 valence electrons. The number of thiophene rings is 1. The molecule has 3 N–H and O–H groups in total. The largest absolute Gasteiger partial charge is 0.271 e. The highest BCUT2D eigenvalue weighted by atomic mass is 32.1. The van der Waals surface area contributed by atoms with Crippen molar-refractivity contribution in [1.29, 1.82) is 0 Å². The summed E-state index contributed by atoms with van der Waals surface area (Å²) in [6.45, 7) is 4.26. The molecule has 0 amide bonds. The molecule has 2 aromatic rings. The van der Waals surface area contributed by atoms with Crippen molar-refractivity contribution in [3.8, 4) is 0 Å². The van der Waals surface area contributed by atoms with Crippen LogP contribution in [0, 0.1) is 13.8 Å². The number of hydrogen-bond donors (Lipinski definition) is 2. The Morgan fingerprint density at radius 3 is 2.44 bits per heavy atom. The minimum Gasteiger partial charge on any atom is -0.271 e. The van der Waals surface area contributed by atoms with Crippen LogP contribution in [0.2, 0.25) is 0 Å². The fourth-order valence-electron chi connectivity index (χ4n) is 2.10. The van der Waals surface area contributed by atoms with Gasteiger partial charge in [0.25, 0.3) is 0 Å². The quantitative estimate of drug-likeness (QED) is 0.638. The maximum Gasteiger partial charge on any atom is 0.0559 e. The summed E-state index contributed by atoms with van der Waals surface area (Å²) in [4.78, 5) is 1.35. The fraction of sp³-hybridized carbons (Fsp3) is 0.333. The van der Waals surface area contributed by atoms with E-state index in [4.69, 9.17) is 5.84 Å². The van der Waals surface area contributed by atoms with Gasteiger partial charge in [-0.1, -0.05) is 29.8 Å². The predicted molar refractivity (Wildman–Crippen MR) is 78.6 cm³/mol. The third-order valence-electron chi connectivity index (χ3n) is 3.26. The van der Waals surface area contributed by atoms with Gasteiger partial charge in [-0.05, 0) is 49.3 Å². The summed E-state index contributed by atoms with van der Waals surface area (Å²) in [6.07, 6.45) is 2.08. The summed E-state index contributed by atoms with van der Waals surface area (Å²) in [7, 11) is 0. The zero-order chi connectivity index (χ0) is 13.0. The van der Waals surface area contributed by atoms with Gasteiger partial charge in [0, 0.05) is 4.88 Å². The van der Waals surface area contributed by atoms with Crippen molar-refractivity contribution >= 4 is 11.3 Å². The second-order valence-corrected chi connectivity index (χ2v) is 5.66. The van der Waals surface area contributed by atoms with Gasteiger partial charge in [0.15, 0.2) is 0 Å². The average Bonchev–Trinajstić information content (AvgIpc) is 2.79. The first-order valence-corrected chi connectivity index (χ1v) is 7.14. The topological polar surface area (TPSA) is 38.0 Å². The van der Waals surface area contributed by atoms with Crippen LogP contribution in [0.3, 0.4) is 0 Å². The van der Waals surface area contributed by atoms with Crippen LogP contribution in [0.25, 0.3) is 0 Å². The number of rotatable bonds is 5. The van der Waals surface area contributed by atoms with E-state index >= 15 is 0 Å². The molecule has 18 heavy (non-hydrogen) atoms. The standard InChI is InChI=1S/C15H20N2S/c1-11-3-5-13(6-4-11)7-8-14(17-16)15-12(2)9-10-18-15/h3-6,9-10,14,17H,7-8,16H2,1-2H3. The summed E-state index contributed by atoms with van der Waals surface area (Å²) in [5.74, 6) is 5.68. The Kier molecular flexibility index (Phi) is 4.53. The normalized spacial score (nSPS) is 12.6. The molecule has 1 heterocycles. The molecule has 0 radical (unpaired) electrons. The van der Waals surface area contributed by atoms with Crippen molar-refractivity contribution in [2.45, 2.75) is 32.7 Å². The molecule has 0 saturated carbocycles. The van der Waals surface area contributed by atoms with Crippen LogP contribution in [0.4, 0.5) is 0 Å². The summed E-state index contributed by atoms with van der Waals surface area (Å²) >= 11 is 1.78. The van der Waals surface area contributed by atoms with Gasteiger partial charge >= 0.3 is 0 Å². The Morgan fingerprint density at radius 2 is 1.89 bits per heavy atom. The number of hydrogen-bond acceptors (Lipinski definition) is 3. The molecule has 0 bridgehead atoms. The van der Waals surface area contributed by atoms with E-state index in [9.17, 15) is 0 Å². The number of nitrogens with one attached hydrogen (secondary N) is 1. The summed E-state index contributed by atoms with van der Waals surface area (Å²) in [5, 5.41) is 2.13. The fourth-order valence-corrected chi connectivity index (χ4v) is 3.12. The molecular formula is C15H20N2S. The van der Waals surface area contributed by atoms with Crippen molar-refractivity contribution in [2.75, 3.05) is 0 Å². The van der Waals surface area contributed by atoms with Gasteiger partial charge in [0.05, 0.1) is 6.04 Å². The minimum absolute atomic E-state index is 0.256. The smallest absolute Gasteiger partial charge is 0.0559 e. The first-order valence-electron chi connectivity index (χ1n) is 6.26. The lowest BCUT2D eigenvalue weighted by Gasteiger charge is -2.15. The first kappa shape index (κ1) is 13.3. The molecule has 3 heteroatoms. The second kappa shape index (κ2) is 6.14. The number of benzene rings is 1. The maximum atomic E-state index is 5.68. The van der Waals surface area contributed by atoms with Gasteiger partial charge in [-0.3, -0.25) is 11.3 Å². The van der Waals surface area contributed by atoms with E-state index in [0.29, 0.717) is 0 Å². The van der Waals surface area contributed by atoms with Crippen molar-refractivity contribution in [1.82, 2.24) is 5.43 Å². The van der Waals surface area contributed by atoms with Crippen LogP contribution in [-0.2, 0) is 6.42 Å². The highest BCUT2D eigenvalue weighted by molar-refractivity contribution is 7.10. The molecule has 0 aliphatic rings. The zero-order valence-electron chi connectivity index (χ0n) is 10.9. The Labute approximate surface area is 113 Å². The molecule has 1 aromatic carbocycles. The molecule has 0 fully saturated rings. The van der Waals surface area contributed by atoms with E-state index < -0.39 is 0 Å². The average molecular weight is 260 g/mol. The maximum absolute atomic E-state index is 5.68. The molecule has 0 spiro atoms. The highest BCUT2D eigenvalue weighted by Crippen LogP contribution is 2.26. The molecule has 1 unspecified atom stereocenters. The van der Waals surface area contributed by atoms with E-state index in [1.807, 2.05) is 0 Å². The monoisotopic (exact) mass is 260 g/mol. The lowest BCUT2D eigenvalue weighted by molar-refractivity contribution is 0.522. The van der Waals surface area contributed by atoms with Crippen LogP contribution in [0.5, 0.6) is 0 Å². The molecule has 2 rings (SSSR count). The summed E-state index contributed by atoms with van der Waals surface area (Å²) in [6, 6.07) is 11.1. The lowest BCUT2D eigenvalue weighted by Crippen LogP contribution is -2.28. The SMILES string of the molecule is Cc1ccc(CCC(NN)c2sccc2C)cc1. The van der Waals surface area contributed by atoms with Gasteiger partial charge in [-0.25, -0.2) is 0 Å². The summed E-state index contributed by atoms with van der Waals surface area (Å²) < 4.78 is 0. The molecule has 0 aliphatic carbocycles. The molecule has 1 atom stereocenters.